The van der Waals surface area contributed by atoms with Crippen molar-refractivity contribution in [1.29, 1.82) is 0 Å². The molecule has 2 nitrogen and oxygen atoms in total. The quantitative estimate of drug-likeness (QED) is 0.675. The van der Waals surface area contributed by atoms with Crippen LogP contribution >= 0.6 is 0 Å². The van der Waals surface area contributed by atoms with Gasteiger partial charge in [-0.05, 0) is 12.8 Å². The van der Waals surface area contributed by atoms with Crippen molar-refractivity contribution in [3.63, 3.8) is 0 Å². The van der Waals surface area contributed by atoms with Crippen molar-refractivity contribution in [3.05, 3.63) is 71.9 Å². The van der Waals surface area contributed by atoms with Gasteiger partial charge in [0.15, 0.2) is 5.82 Å². The molecule has 0 fully saturated rings. The third-order valence-corrected chi connectivity index (χ3v) is 4.07. The van der Waals surface area contributed by atoms with Crippen molar-refractivity contribution >= 4 is 19.4 Å². The van der Waals surface area contributed by atoms with Gasteiger partial charge in [-0.25, -0.2) is 9.97 Å². The van der Waals surface area contributed by atoms with E-state index < -0.39 is 0 Å². The first-order chi connectivity index (χ1) is 11.3. The first-order valence-corrected chi connectivity index (χ1v) is 7.80. The third kappa shape index (κ3) is 2.70. The molecule has 1 aliphatic rings. The summed E-state index contributed by atoms with van der Waals surface area (Å²) in [5.74, 6) is 0.762. The number of rotatable bonds is 2. The van der Waals surface area contributed by atoms with Gasteiger partial charge in [-0.1, -0.05) is 72.2 Å². The van der Waals surface area contributed by atoms with E-state index in [2.05, 4.69) is 24.3 Å². The van der Waals surface area contributed by atoms with Crippen LogP contribution in [0.5, 0.6) is 0 Å². The van der Waals surface area contributed by atoms with Crippen LogP contribution in [0.15, 0.2) is 60.7 Å². The maximum atomic E-state index is 5.79. The number of nitrogens with zero attached hydrogens (tertiary/aromatic N) is 2. The maximum absolute atomic E-state index is 5.79. The molecule has 1 heterocycles. The Morgan fingerprint density at radius 3 is 2.39 bits per heavy atom. The molecule has 3 aromatic rings. The average Bonchev–Trinajstić information content (AvgIpc) is 2.62. The molecule has 2 aromatic carbocycles. The van der Waals surface area contributed by atoms with E-state index in [1.165, 1.54) is 0 Å². The van der Waals surface area contributed by atoms with Crippen LogP contribution in [0.3, 0.4) is 0 Å². The first-order valence-electron chi connectivity index (χ1n) is 7.80. The second-order valence-electron chi connectivity index (χ2n) is 5.69. The van der Waals surface area contributed by atoms with Crippen LogP contribution in [0.25, 0.3) is 28.7 Å². The Balaban J connectivity index is 1.92. The SMILES string of the molecule is [B]c1ccc(-c2nc3c(c(-c4ccccc4)n2)C=CCC3)cc1. The molecule has 0 aliphatic heterocycles. The van der Waals surface area contributed by atoms with Gasteiger partial charge >= 0.3 is 0 Å². The van der Waals surface area contributed by atoms with Crippen molar-refractivity contribution in [2.24, 2.45) is 0 Å². The predicted octanol–water partition coefficient (Wildman–Crippen LogP) is 3.56. The van der Waals surface area contributed by atoms with Crippen molar-refractivity contribution in [3.8, 4) is 22.6 Å². The van der Waals surface area contributed by atoms with E-state index in [0.717, 1.165) is 52.2 Å². The Labute approximate surface area is 137 Å². The van der Waals surface area contributed by atoms with E-state index >= 15 is 0 Å². The van der Waals surface area contributed by atoms with E-state index in [9.17, 15) is 0 Å². The van der Waals surface area contributed by atoms with Crippen molar-refractivity contribution in [1.82, 2.24) is 9.97 Å². The average molecular weight is 294 g/mol. The zero-order valence-corrected chi connectivity index (χ0v) is 12.7. The van der Waals surface area contributed by atoms with Gasteiger partial charge < -0.3 is 0 Å². The topological polar surface area (TPSA) is 25.8 Å². The molecule has 0 N–H and O–H groups in total. The number of hydrogen-bond acceptors (Lipinski definition) is 2. The molecule has 108 valence electrons. The molecule has 0 saturated carbocycles. The van der Waals surface area contributed by atoms with Gasteiger partial charge in [0.1, 0.15) is 7.85 Å². The monoisotopic (exact) mass is 294 g/mol. The number of hydrogen-bond donors (Lipinski definition) is 0. The third-order valence-electron chi connectivity index (χ3n) is 4.07. The van der Waals surface area contributed by atoms with E-state index in [4.69, 9.17) is 17.8 Å². The first kappa shape index (κ1) is 14.0. The summed E-state index contributed by atoms with van der Waals surface area (Å²) in [5, 5.41) is 0. The van der Waals surface area contributed by atoms with Crippen LogP contribution in [0.1, 0.15) is 17.7 Å². The lowest BCUT2D eigenvalue weighted by Gasteiger charge is -2.16. The summed E-state index contributed by atoms with van der Waals surface area (Å²) in [4.78, 5) is 9.65. The lowest BCUT2D eigenvalue weighted by molar-refractivity contribution is 0.915. The van der Waals surface area contributed by atoms with Crippen LogP contribution < -0.4 is 5.46 Å². The Hall–Kier alpha value is -2.68. The van der Waals surface area contributed by atoms with E-state index in [-0.39, 0.29) is 0 Å². The molecule has 3 heteroatoms. The summed E-state index contributed by atoms with van der Waals surface area (Å²) in [6, 6.07) is 18.0. The summed E-state index contributed by atoms with van der Waals surface area (Å²) < 4.78 is 0. The summed E-state index contributed by atoms with van der Waals surface area (Å²) in [6.07, 6.45) is 6.32. The highest BCUT2D eigenvalue weighted by Crippen LogP contribution is 2.30. The minimum atomic E-state index is 0.748. The van der Waals surface area contributed by atoms with Gasteiger partial charge in [0.2, 0.25) is 0 Å². The minimum absolute atomic E-state index is 0.748. The Morgan fingerprint density at radius 2 is 1.61 bits per heavy atom. The summed E-state index contributed by atoms with van der Waals surface area (Å²) >= 11 is 0. The molecular formula is C20H15BN2. The molecule has 0 saturated heterocycles. The molecule has 23 heavy (non-hydrogen) atoms. The van der Waals surface area contributed by atoms with Crippen LogP contribution in [-0.2, 0) is 6.42 Å². The molecule has 2 radical (unpaired) electrons. The molecule has 0 atom stereocenters. The maximum Gasteiger partial charge on any atom is 0.160 e. The second-order valence-corrected chi connectivity index (χ2v) is 5.69. The number of benzene rings is 2. The number of aryl methyl sites for hydroxylation is 1. The Morgan fingerprint density at radius 1 is 0.826 bits per heavy atom. The summed E-state index contributed by atoms with van der Waals surface area (Å²) in [6.45, 7) is 0. The molecule has 0 unspecified atom stereocenters. The highest BCUT2D eigenvalue weighted by Gasteiger charge is 2.16. The molecule has 1 aliphatic carbocycles. The molecule has 0 bridgehead atoms. The number of aromatic nitrogens is 2. The Bertz CT molecular complexity index is 868. The molecular weight excluding hydrogens is 279 g/mol. The standard InChI is InChI=1S/C20H15BN2/c21-16-12-10-15(11-13-16)20-22-18-9-5-4-8-17(18)19(23-20)14-6-2-1-3-7-14/h1-4,6-8,10-13H,5,9H2. The summed E-state index contributed by atoms with van der Waals surface area (Å²) in [5.41, 5.74) is 6.12. The normalized spacial score (nSPS) is 12.9. The second kappa shape index (κ2) is 5.84. The fourth-order valence-corrected chi connectivity index (χ4v) is 2.88. The van der Waals surface area contributed by atoms with E-state index in [0.29, 0.717) is 0 Å². The largest absolute Gasteiger partial charge is 0.232 e. The van der Waals surface area contributed by atoms with Gasteiger partial charge in [0.25, 0.3) is 0 Å². The highest BCUT2D eigenvalue weighted by atomic mass is 14.9. The van der Waals surface area contributed by atoms with Crippen LogP contribution in [-0.4, -0.2) is 17.8 Å². The number of fused-ring (bicyclic) bond motifs is 1. The molecule has 1 aromatic heterocycles. The lowest BCUT2D eigenvalue weighted by Crippen LogP contribution is -2.06. The fraction of sp³-hybridized carbons (Fsp3) is 0.100. The molecule has 0 amide bonds. The van der Waals surface area contributed by atoms with Crippen molar-refractivity contribution in [2.75, 3.05) is 0 Å². The highest BCUT2D eigenvalue weighted by molar-refractivity contribution is 6.32. The molecule has 4 rings (SSSR count). The summed E-state index contributed by atoms with van der Waals surface area (Å²) in [7, 11) is 5.79. The van der Waals surface area contributed by atoms with Crippen molar-refractivity contribution in [2.45, 2.75) is 12.8 Å². The number of allylic oxidation sites excluding steroid dienone is 1. The van der Waals surface area contributed by atoms with E-state index in [1.807, 2.05) is 42.5 Å². The van der Waals surface area contributed by atoms with Crippen LogP contribution in [0.2, 0.25) is 0 Å². The zero-order chi connectivity index (χ0) is 15.6. The predicted molar refractivity (Wildman–Crippen MR) is 95.6 cm³/mol. The minimum Gasteiger partial charge on any atom is -0.232 e. The zero-order valence-electron chi connectivity index (χ0n) is 12.7. The van der Waals surface area contributed by atoms with Gasteiger partial charge in [-0.2, -0.15) is 0 Å². The molecule has 0 spiro atoms. The Kier molecular flexibility index (Phi) is 3.54. The fourth-order valence-electron chi connectivity index (χ4n) is 2.88. The van der Waals surface area contributed by atoms with Gasteiger partial charge in [-0.15, -0.1) is 0 Å². The van der Waals surface area contributed by atoms with Crippen molar-refractivity contribution < 1.29 is 0 Å². The van der Waals surface area contributed by atoms with E-state index in [1.54, 1.807) is 0 Å². The smallest absolute Gasteiger partial charge is 0.160 e. The van der Waals surface area contributed by atoms with Gasteiger partial charge in [0, 0.05) is 16.7 Å². The lowest BCUT2D eigenvalue weighted by atomic mass is 9.94. The van der Waals surface area contributed by atoms with Crippen LogP contribution in [0.4, 0.5) is 0 Å². The van der Waals surface area contributed by atoms with Gasteiger partial charge in [0.05, 0.1) is 11.4 Å². The van der Waals surface area contributed by atoms with Crippen LogP contribution in [0, 0.1) is 0 Å². The van der Waals surface area contributed by atoms with Gasteiger partial charge in [-0.3, -0.25) is 0 Å².